The highest BCUT2D eigenvalue weighted by Gasteiger charge is 2.31. The Hall–Kier alpha value is -2.77. The third kappa shape index (κ3) is 4.07. The number of benzene rings is 2. The van der Waals surface area contributed by atoms with Gasteiger partial charge in [-0.2, -0.15) is 4.31 Å². The van der Waals surface area contributed by atoms with Crippen molar-refractivity contribution in [3.05, 3.63) is 70.4 Å². The van der Waals surface area contributed by atoms with E-state index in [0.29, 0.717) is 23.5 Å². The molecule has 31 heavy (non-hydrogen) atoms. The van der Waals surface area contributed by atoms with Crippen molar-refractivity contribution in [2.75, 3.05) is 26.2 Å². The molecule has 6 nitrogen and oxygen atoms in total. The Morgan fingerprint density at radius 1 is 0.871 bits per heavy atom. The molecule has 3 aromatic rings. The van der Waals surface area contributed by atoms with E-state index in [1.54, 1.807) is 17.0 Å². The quantitative estimate of drug-likeness (QED) is 0.628. The first-order chi connectivity index (χ1) is 14.7. The van der Waals surface area contributed by atoms with Crippen LogP contribution >= 0.6 is 0 Å². The number of aromatic nitrogens is 1. The van der Waals surface area contributed by atoms with Crippen molar-refractivity contribution in [3.63, 3.8) is 0 Å². The van der Waals surface area contributed by atoms with E-state index in [4.69, 9.17) is 0 Å². The Labute approximate surface area is 183 Å². The van der Waals surface area contributed by atoms with Crippen LogP contribution in [0.25, 0.3) is 10.9 Å². The number of aryl methyl sites for hydroxylation is 4. The van der Waals surface area contributed by atoms with Crippen molar-refractivity contribution >= 4 is 26.8 Å². The largest absolute Gasteiger partial charge is 0.336 e. The van der Waals surface area contributed by atoms with Gasteiger partial charge < -0.3 is 4.90 Å². The second kappa shape index (κ2) is 8.05. The number of hydrogen-bond donors (Lipinski definition) is 0. The van der Waals surface area contributed by atoms with E-state index in [-0.39, 0.29) is 19.0 Å². The molecule has 162 valence electrons. The standard InChI is InChI=1S/C24H27N3O3S/c1-16-5-8-23-21(13-16)22(15-19(4)25-23)24(28)26-9-11-27(12-10-26)31(29,30)20-7-6-17(2)18(3)14-20/h5-8,13-15H,9-12H2,1-4H3. The zero-order valence-electron chi connectivity index (χ0n) is 18.3. The SMILES string of the molecule is Cc1ccc2nc(C)cc(C(=O)N3CCN(S(=O)(=O)c4ccc(C)c(C)c4)CC3)c2c1. The zero-order valence-corrected chi connectivity index (χ0v) is 19.2. The van der Waals surface area contributed by atoms with Crippen LogP contribution in [0.4, 0.5) is 0 Å². The molecule has 0 aliphatic carbocycles. The maximum Gasteiger partial charge on any atom is 0.254 e. The topological polar surface area (TPSA) is 70.6 Å². The third-order valence-electron chi connectivity index (χ3n) is 5.96. The van der Waals surface area contributed by atoms with Gasteiger partial charge in [0.15, 0.2) is 0 Å². The molecule has 1 saturated heterocycles. The van der Waals surface area contributed by atoms with Crippen molar-refractivity contribution in [1.82, 2.24) is 14.2 Å². The van der Waals surface area contributed by atoms with E-state index in [0.717, 1.165) is 33.3 Å². The van der Waals surface area contributed by atoms with Gasteiger partial charge in [0, 0.05) is 37.3 Å². The Balaban J connectivity index is 1.55. The lowest BCUT2D eigenvalue weighted by molar-refractivity contribution is 0.0699. The molecule has 1 aliphatic heterocycles. The number of amides is 1. The molecule has 0 bridgehead atoms. The highest BCUT2D eigenvalue weighted by atomic mass is 32.2. The van der Waals surface area contributed by atoms with Gasteiger partial charge in [0.2, 0.25) is 10.0 Å². The molecule has 2 aromatic carbocycles. The number of piperazine rings is 1. The van der Waals surface area contributed by atoms with Crippen LogP contribution in [0.5, 0.6) is 0 Å². The number of carbonyl (C=O) groups is 1. The van der Waals surface area contributed by atoms with E-state index in [1.165, 1.54) is 4.31 Å². The summed E-state index contributed by atoms with van der Waals surface area (Å²) in [6.45, 7) is 9.02. The molecule has 0 radical (unpaired) electrons. The van der Waals surface area contributed by atoms with Crippen LogP contribution in [0.2, 0.25) is 0 Å². The van der Waals surface area contributed by atoms with Crippen LogP contribution in [0.3, 0.4) is 0 Å². The first kappa shape index (κ1) is 21.5. The van der Waals surface area contributed by atoms with Gasteiger partial charge in [0.05, 0.1) is 16.0 Å². The van der Waals surface area contributed by atoms with Crippen LogP contribution in [0.1, 0.15) is 32.7 Å². The third-order valence-corrected chi connectivity index (χ3v) is 7.86. The summed E-state index contributed by atoms with van der Waals surface area (Å²) in [5.41, 5.74) is 5.28. The van der Waals surface area contributed by atoms with Gasteiger partial charge >= 0.3 is 0 Å². The predicted octanol–water partition coefficient (Wildman–Crippen LogP) is 3.62. The lowest BCUT2D eigenvalue weighted by Gasteiger charge is -2.34. The van der Waals surface area contributed by atoms with Crippen LogP contribution in [-0.4, -0.2) is 54.7 Å². The van der Waals surface area contributed by atoms with Gasteiger partial charge in [0.25, 0.3) is 5.91 Å². The molecule has 1 aromatic heterocycles. The van der Waals surface area contributed by atoms with E-state index in [2.05, 4.69) is 4.98 Å². The molecule has 2 heterocycles. The fourth-order valence-corrected chi connectivity index (χ4v) is 5.48. The summed E-state index contributed by atoms with van der Waals surface area (Å²) in [4.78, 5) is 19.9. The highest BCUT2D eigenvalue weighted by Crippen LogP contribution is 2.24. The normalized spacial score (nSPS) is 15.4. The summed E-state index contributed by atoms with van der Waals surface area (Å²) in [6, 6.07) is 12.9. The number of carbonyl (C=O) groups excluding carboxylic acids is 1. The van der Waals surface area contributed by atoms with Crippen molar-refractivity contribution in [1.29, 1.82) is 0 Å². The average molecular weight is 438 g/mol. The lowest BCUT2D eigenvalue weighted by Crippen LogP contribution is -2.50. The minimum absolute atomic E-state index is 0.0793. The number of fused-ring (bicyclic) bond motifs is 1. The molecule has 4 rings (SSSR count). The average Bonchev–Trinajstić information content (AvgIpc) is 2.75. The van der Waals surface area contributed by atoms with Crippen LogP contribution in [-0.2, 0) is 10.0 Å². The Kier molecular flexibility index (Phi) is 5.58. The Morgan fingerprint density at radius 2 is 1.58 bits per heavy atom. The molecule has 0 saturated carbocycles. The van der Waals surface area contributed by atoms with Crippen molar-refractivity contribution in [2.24, 2.45) is 0 Å². The fourth-order valence-electron chi connectivity index (χ4n) is 3.97. The van der Waals surface area contributed by atoms with E-state index in [1.807, 2.05) is 58.0 Å². The molecule has 0 unspecified atom stereocenters. The zero-order chi connectivity index (χ0) is 22.3. The molecule has 7 heteroatoms. The van der Waals surface area contributed by atoms with E-state index >= 15 is 0 Å². The summed E-state index contributed by atoms with van der Waals surface area (Å²) in [6.07, 6.45) is 0. The van der Waals surface area contributed by atoms with Crippen molar-refractivity contribution < 1.29 is 13.2 Å². The predicted molar refractivity (Wildman–Crippen MR) is 122 cm³/mol. The minimum Gasteiger partial charge on any atom is -0.336 e. The number of rotatable bonds is 3. The smallest absolute Gasteiger partial charge is 0.254 e. The van der Waals surface area contributed by atoms with Crippen LogP contribution in [0.15, 0.2) is 47.4 Å². The first-order valence-electron chi connectivity index (χ1n) is 10.4. The Bertz CT molecular complexity index is 1280. The second-order valence-corrected chi connectivity index (χ2v) is 10.2. The molecule has 0 spiro atoms. The minimum atomic E-state index is -3.58. The Morgan fingerprint density at radius 3 is 2.26 bits per heavy atom. The number of pyridine rings is 1. The van der Waals surface area contributed by atoms with E-state index in [9.17, 15) is 13.2 Å². The summed E-state index contributed by atoms with van der Waals surface area (Å²) in [5.74, 6) is -0.0793. The summed E-state index contributed by atoms with van der Waals surface area (Å²) in [7, 11) is -3.58. The van der Waals surface area contributed by atoms with Crippen LogP contribution < -0.4 is 0 Å². The summed E-state index contributed by atoms with van der Waals surface area (Å²) < 4.78 is 27.6. The van der Waals surface area contributed by atoms with Gasteiger partial charge in [-0.25, -0.2) is 8.42 Å². The van der Waals surface area contributed by atoms with Gasteiger partial charge in [-0.1, -0.05) is 17.7 Å². The number of sulfonamides is 1. The highest BCUT2D eigenvalue weighted by molar-refractivity contribution is 7.89. The summed E-state index contributed by atoms with van der Waals surface area (Å²) >= 11 is 0. The maximum absolute atomic E-state index is 13.3. The fraction of sp³-hybridized carbons (Fsp3) is 0.333. The first-order valence-corrected chi connectivity index (χ1v) is 11.9. The molecular formula is C24H27N3O3S. The maximum atomic E-state index is 13.3. The number of nitrogens with zero attached hydrogens (tertiary/aromatic N) is 3. The van der Waals surface area contributed by atoms with Gasteiger partial charge in [-0.3, -0.25) is 9.78 Å². The molecule has 0 N–H and O–H groups in total. The van der Waals surface area contributed by atoms with Crippen LogP contribution in [0, 0.1) is 27.7 Å². The monoisotopic (exact) mass is 437 g/mol. The molecule has 1 fully saturated rings. The molecule has 0 atom stereocenters. The second-order valence-electron chi connectivity index (χ2n) is 8.27. The molecular weight excluding hydrogens is 410 g/mol. The van der Waals surface area contributed by atoms with Crippen molar-refractivity contribution in [2.45, 2.75) is 32.6 Å². The molecule has 1 aliphatic rings. The van der Waals surface area contributed by atoms with Gasteiger partial charge in [0.1, 0.15) is 0 Å². The van der Waals surface area contributed by atoms with E-state index < -0.39 is 10.0 Å². The lowest BCUT2D eigenvalue weighted by atomic mass is 10.0. The van der Waals surface area contributed by atoms with Crippen molar-refractivity contribution in [3.8, 4) is 0 Å². The molecule has 1 amide bonds. The summed E-state index contributed by atoms with van der Waals surface area (Å²) in [5, 5.41) is 0.834. The number of hydrogen-bond acceptors (Lipinski definition) is 4. The van der Waals surface area contributed by atoms with Gasteiger partial charge in [-0.15, -0.1) is 0 Å². The van der Waals surface area contributed by atoms with Gasteiger partial charge in [-0.05, 0) is 69.2 Å².